The Hall–Kier alpha value is -2.69. The minimum atomic E-state index is -3.49. The van der Waals surface area contributed by atoms with Crippen molar-refractivity contribution in [2.45, 2.75) is 0 Å². The van der Waals surface area contributed by atoms with E-state index in [4.69, 9.17) is 21.1 Å². The summed E-state index contributed by atoms with van der Waals surface area (Å²) >= 11 is 5.95. The first-order chi connectivity index (χ1) is 15.3. The molecule has 1 heterocycles. The fraction of sp³-hybridized carbons (Fsp3) is 0.381. The van der Waals surface area contributed by atoms with Gasteiger partial charge in [0.1, 0.15) is 11.5 Å². The predicted molar refractivity (Wildman–Crippen MR) is 126 cm³/mol. The Morgan fingerprint density at radius 3 is 2.34 bits per heavy atom. The van der Waals surface area contributed by atoms with Crippen molar-refractivity contribution in [3.05, 3.63) is 47.5 Å². The topological polar surface area (TPSA) is 100 Å². The maximum atomic E-state index is 12.7. The molecule has 11 heteroatoms. The summed E-state index contributed by atoms with van der Waals surface area (Å²) in [6.07, 6.45) is 0. The van der Waals surface area contributed by atoms with Crippen LogP contribution in [0.1, 0.15) is 0 Å². The Kier molecular flexibility index (Phi) is 8.05. The summed E-state index contributed by atoms with van der Waals surface area (Å²) in [6.45, 7) is 1.94. The standard InChI is InChI=1S/C21H27ClN4O5S/c1-30-18-6-4-17(5-7-18)25-10-12-26(13-11-25)32(28,29)14-9-23-21(27)24-19-15-16(22)3-8-20(19)31-2/h3-8,15H,9-14H2,1-2H3,(H2,23,24,27). The number of carbonyl (C=O) groups excluding carboxylic acids is 1. The van der Waals surface area contributed by atoms with E-state index >= 15 is 0 Å². The molecule has 3 rings (SSSR count). The normalized spacial score (nSPS) is 14.7. The molecular weight excluding hydrogens is 456 g/mol. The van der Waals surface area contributed by atoms with Crippen molar-refractivity contribution < 1.29 is 22.7 Å². The Morgan fingerprint density at radius 1 is 1.03 bits per heavy atom. The van der Waals surface area contributed by atoms with Crippen LogP contribution >= 0.6 is 11.6 Å². The fourth-order valence-corrected chi connectivity index (χ4v) is 4.89. The monoisotopic (exact) mass is 482 g/mol. The van der Waals surface area contributed by atoms with Gasteiger partial charge in [-0.1, -0.05) is 11.6 Å². The molecule has 0 spiro atoms. The minimum Gasteiger partial charge on any atom is -0.497 e. The van der Waals surface area contributed by atoms with Crippen molar-refractivity contribution in [2.75, 3.05) is 62.9 Å². The second-order valence-electron chi connectivity index (χ2n) is 7.13. The van der Waals surface area contributed by atoms with E-state index in [0.29, 0.717) is 42.6 Å². The van der Waals surface area contributed by atoms with E-state index in [9.17, 15) is 13.2 Å². The molecular formula is C21H27ClN4O5S. The molecule has 1 aliphatic rings. The summed E-state index contributed by atoms with van der Waals surface area (Å²) in [4.78, 5) is 14.3. The van der Waals surface area contributed by atoms with Crippen LogP contribution < -0.4 is 25.0 Å². The van der Waals surface area contributed by atoms with Crippen LogP contribution in [0.15, 0.2) is 42.5 Å². The fourth-order valence-electron chi connectivity index (χ4n) is 3.38. The zero-order valence-electron chi connectivity index (χ0n) is 18.0. The Labute approximate surface area is 193 Å². The second-order valence-corrected chi connectivity index (χ2v) is 9.65. The highest BCUT2D eigenvalue weighted by Gasteiger charge is 2.27. The van der Waals surface area contributed by atoms with Gasteiger partial charge in [-0.2, -0.15) is 4.31 Å². The van der Waals surface area contributed by atoms with Crippen LogP contribution in [0.4, 0.5) is 16.2 Å². The van der Waals surface area contributed by atoms with Gasteiger partial charge in [0.15, 0.2) is 0 Å². The van der Waals surface area contributed by atoms with Crippen molar-refractivity contribution >= 4 is 39.0 Å². The molecule has 1 aliphatic heterocycles. The lowest BCUT2D eigenvalue weighted by molar-refractivity contribution is 0.252. The smallest absolute Gasteiger partial charge is 0.319 e. The van der Waals surface area contributed by atoms with Crippen molar-refractivity contribution in [1.29, 1.82) is 0 Å². The number of amides is 2. The number of nitrogens with zero attached hydrogens (tertiary/aromatic N) is 2. The van der Waals surface area contributed by atoms with Gasteiger partial charge in [0.25, 0.3) is 0 Å². The van der Waals surface area contributed by atoms with Crippen molar-refractivity contribution in [3.8, 4) is 11.5 Å². The number of piperazine rings is 1. The molecule has 0 aromatic heterocycles. The van der Waals surface area contributed by atoms with Crippen molar-refractivity contribution in [1.82, 2.24) is 9.62 Å². The molecule has 174 valence electrons. The predicted octanol–water partition coefficient (Wildman–Crippen LogP) is 2.63. The van der Waals surface area contributed by atoms with E-state index in [1.807, 2.05) is 24.3 Å². The third-order valence-electron chi connectivity index (χ3n) is 5.12. The summed E-state index contributed by atoms with van der Waals surface area (Å²) < 4.78 is 37.2. The number of hydrogen-bond acceptors (Lipinski definition) is 6. The number of methoxy groups -OCH3 is 2. The first-order valence-corrected chi connectivity index (χ1v) is 12.1. The molecule has 9 nitrogen and oxygen atoms in total. The maximum Gasteiger partial charge on any atom is 0.319 e. The summed E-state index contributed by atoms with van der Waals surface area (Å²) in [5.41, 5.74) is 1.42. The van der Waals surface area contributed by atoms with E-state index < -0.39 is 16.1 Å². The molecule has 2 amide bonds. The van der Waals surface area contributed by atoms with E-state index in [0.717, 1.165) is 11.4 Å². The van der Waals surface area contributed by atoms with E-state index in [1.54, 1.807) is 25.3 Å². The third kappa shape index (κ3) is 6.18. The molecule has 1 saturated heterocycles. The lowest BCUT2D eigenvalue weighted by Gasteiger charge is -2.35. The first-order valence-electron chi connectivity index (χ1n) is 10.1. The SMILES string of the molecule is COc1ccc(N2CCN(S(=O)(=O)CCNC(=O)Nc3cc(Cl)ccc3OC)CC2)cc1. The van der Waals surface area contributed by atoms with Gasteiger partial charge in [-0.3, -0.25) is 0 Å². The molecule has 0 unspecified atom stereocenters. The molecule has 0 saturated carbocycles. The number of hydrogen-bond donors (Lipinski definition) is 2. The Balaban J connectivity index is 1.46. The van der Waals surface area contributed by atoms with E-state index in [1.165, 1.54) is 11.4 Å². The van der Waals surface area contributed by atoms with Crippen LogP contribution in [0.25, 0.3) is 0 Å². The average Bonchev–Trinajstić information content (AvgIpc) is 2.79. The molecule has 2 N–H and O–H groups in total. The number of sulfonamides is 1. The van der Waals surface area contributed by atoms with Crippen LogP contribution in [0, 0.1) is 0 Å². The highest BCUT2D eigenvalue weighted by atomic mass is 35.5. The molecule has 0 radical (unpaired) electrons. The summed E-state index contributed by atoms with van der Waals surface area (Å²) in [6, 6.07) is 12.0. The third-order valence-corrected chi connectivity index (χ3v) is 7.23. The second kappa shape index (κ2) is 10.8. The molecule has 1 fully saturated rings. The van der Waals surface area contributed by atoms with E-state index in [-0.39, 0.29) is 12.3 Å². The van der Waals surface area contributed by atoms with Gasteiger partial charge in [-0.05, 0) is 42.5 Å². The quantitative estimate of drug-likeness (QED) is 0.600. The lowest BCUT2D eigenvalue weighted by Crippen LogP contribution is -2.50. The zero-order chi connectivity index (χ0) is 23.1. The molecule has 0 bridgehead atoms. The molecule has 2 aromatic rings. The minimum absolute atomic E-state index is 0.0181. The van der Waals surface area contributed by atoms with Gasteiger partial charge >= 0.3 is 6.03 Å². The number of ether oxygens (including phenoxy) is 2. The first kappa shape index (κ1) is 24.0. The number of halogens is 1. The van der Waals surface area contributed by atoms with Crippen LogP contribution in [0.2, 0.25) is 5.02 Å². The lowest BCUT2D eigenvalue weighted by atomic mass is 10.2. The number of carbonyl (C=O) groups is 1. The van der Waals surface area contributed by atoms with Gasteiger partial charge < -0.3 is 25.0 Å². The Morgan fingerprint density at radius 2 is 1.72 bits per heavy atom. The zero-order valence-corrected chi connectivity index (χ0v) is 19.6. The average molecular weight is 483 g/mol. The van der Waals surface area contributed by atoms with Gasteiger partial charge in [-0.15, -0.1) is 0 Å². The Bertz CT molecular complexity index is 1020. The van der Waals surface area contributed by atoms with Crippen molar-refractivity contribution in [3.63, 3.8) is 0 Å². The van der Waals surface area contributed by atoms with Crippen molar-refractivity contribution in [2.24, 2.45) is 0 Å². The highest BCUT2D eigenvalue weighted by Crippen LogP contribution is 2.27. The summed E-state index contributed by atoms with van der Waals surface area (Å²) in [5, 5.41) is 5.62. The largest absolute Gasteiger partial charge is 0.497 e. The maximum absolute atomic E-state index is 12.7. The van der Waals surface area contributed by atoms with Crippen LogP contribution in [0.5, 0.6) is 11.5 Å². The number of anilines is 2. The number of benzene rings is 2. The molecule has 0 aliphatic carbocycles. The van der Waals surface area contributed by atoms with Crippen LogP contribution in [-0.4, -0.2) is 71.5 Å². The highest BCUT2D eigenvalue weighted by molar-refractivity contribution is 7.89. The van der Waals surface area contributed by atoms with E-state index in [2.05, 4.69) is 15.5 Å². The number of urea groups is 1. The van der Waals surface area contributed by atoms with Crippen LogP contribution in [0.3, 0.4) is 0 Å². The number of nitrogens with one attached hydrogen (secondary N) is 2. The van der Waals surface area contributed by atoms with Gasteiger partial charge in [-0.25, -0.2) is 13.2 Å². The molecule has 2 aromatic carbocycles. The molecule has 0 atom stereocenters. The van der Waals surface area contributed by atoms with Gasteiger partial charge in [0.05, 0.1) is 25.7 Å². The van der Waals surface area contributed by atoms with Gasteiger partial charge in [0, 0.05) is 43.4 Å². The number of rotatable bonds is 8. The van der Waals surface area contributed by atoms with Gasteiger partial charge in [0.2, 0.25) is 10.0 Å². The van der Waals surface area contributed by atoms with Crippen LogP contribution in [-0.2, 0) is 10.0 Å². The summed E-state index contributed by atoms with van der Waals surface area (Å²) in [5.74, 6) is 1.04. The summed E-state index contributed by atoms with van der Waals surface area (Å²) in [7, 11) is -0.394. The molecule has 32 heavy (non-hydrogen) atoms.